The van der Waals surface area contributed by atoms with E-state index in [-0.39, 0.29) is 23.3 Å². The third kappa shape index (κ3) is 2.94. The second kappa shape index (κ2) is 6.75. The fraction of sp³-hybridized carbons (Fsp3) is 0.190. The van der Waals surface area contributed by atoms with E-state index in [1.54, 1.807) is 24.3 Å². The molecular formula is C21H17NO7. The van der Waals surface area contributed by atoms with Crippen LogP contribution in [0.15, 0.2) is 75.9 Å². The Labute approximate surface area is 165 Å². The summed E-state index contributed by atoms with van der Waals surface area (Å²) in [6.07, 6.45) is 1.98. The van der Waals surface area contributed by atoms with E-state index in [2.05, 4.69) is 0 Å². The molecule has 2 heterocycles. The van der Waals surface area contributed by atoms with Crippen LogP contribution in [0, 0.1) is 17.0 Å². The maximum atomic E-state index is 12.1. The monoisotopic (exact) mass is 395 g/mol. The molecular weight excluding hydrogens is 378 g/mol. The van der Waals surface area contributed by atoms with E-state index in [1.807, 2.05) is 6.92 Å². The van der Waals surface area contributed by atoms with Gasteiger partial charge in [-0.2, -0.15) is 0 Å². The van der Waals surface area contributed by atoms with Gasteiger partial charge in [0.25, 0.3) is 5.54 Å². The lowest BCUT2D eigenvalue weighted by Crippen LogP contribution is -2.47. The second-order valence-corrected chi connectivity index (χ2v) is 6.86. The molecule has 4 rings (SSSR count). The average molecular weight is 395 g/mol. The number of esters is 1. The number of carbonyl (C=O) groups excluding carboxylic acids is 1. The number of carbonyl (C=O) groups is 1. The Hall–Kier alpha value is -3.65. The molecule has 2 unspecified atom stereocenters. The number of aliphatic hydroxyl groups is 2. The van der Waals surface area contributed by atoms with Crippen LogP contribution in [-0.4, -0.2) is 33.8 Å². The lowest BCUT2D eigenvalue weighted by atomic mass is 9.77. The highest BCUT2D eigenvalue weighted by molar-refractivity contribution is 5.96. The molecule has 1 aromatic carbocycles. The van der Waals surface area contributed by atoms with Crippen molar-refractivity contribution >= 4 is 5.97 Å². The van der Waals surface area contributed by atoms with E-state index < -0.39 is 28.3 Å². The zero-order chi connectivity index (χ0) is 20.8. The first-order chi connectivity index (χ1) is 13.8. The molecule has 0 spiro atoms. The van der Waals surface area contributed by atoms with Crippen LogP contribution in [-0.2, 0) is 15.1 Å². The van der Waals surface area contributed by atoms with Crippen LogP contribution in [0.2, 0.25) is 0 Å². The Bertz CT molecular complexity index is 1090. The summed E-state index contributed by atoms with van der Waals surface area (Å²) in [6.45, 7) is 1.85. The molecule has 1 aliphatic carbocycles. The molecule has 2 atom stereocenters. The van der Waals surface area contributed by atoms with E-state index in [9.17, 15) is 25.1 Å². The normalized spacial score (nSPS) is 23.9. The standard InChI is InChI=1S/C21H17NO7/c1-12-2-7-18(29-12)13-3-5-15(6-4-13)21(22(26)27)11-14(10-17(23)19(21)24)16-8-9-28-20(16)25/h2-8,10-11,19,23-24H,9H2,1H3. The Morgan fingerprint density at radius 3 is 2.48 bits per heavy atom. The highest BCUT2D eigenvalue weighted by Gasteiger charge is 2.54. The van der Waals surface area contributed by atoms with Crippen LogP contribution in [0.1, 0.15) is 11.3 Å². The summed E-state index contributed by atoms with van der Waals surface area (Å²) in [7, 11) is 0. The predicted molar refractivity (Wildman–Crippen MR) is 101 cm³/mol. The maximum absolute atomic E-state index is 12.1. The topological polar surface area (TPSA) is 123 Å². The summed E-state index contributed by atoms with van der Waals surface area (Å²) >= 11 is 0. The molecule has 0 saturated carbocycles. The van der Waals surface area contributed by atoms with Gasteiger partial charge in [-0.25, -0.2) is 4.79 Å². The van der Waals surface area contributed by atoms with Gasteiger partial charge >= 0.3 is 5.97 Å². The number of hydrogen-bond acceptors (Lipinski definition) is 7. The van der Waals surface area contributed by atoms with Gasteiger partial charge in [0.15, 0.2) is 6.10 Å². The quantitative estimate of drug-likeness (QED) is 0.463. The maximum Gasteiger partial charge on any atom is 0.338 e. The van der Waals surface area contributed by atoms with Crippen molar-refractivity contribution in [2.75, 3.05) is 6.61 Å². The van der Waals surface area contributed by atoms with E-state index in [0.29, 0.717) is 11.3 Å². The Kier molecular flexibility index (Phi) is 4.35. The van der Waals surface area contributed by atoms with Crippen molar-refractivity contribution in [3.05, 3.63) is 93.0 Å². The van der Waals surface area contributed by atoms with Crippen LogP contribution in [0.4, 0.5) is 0 Å². The van der Waals surface area contributed by atoms with Gasteiger partial charge in [-0.1, -0.05) is 24.3 Å². The van der Waals surface area contributed by atoms with Gasteiger partial charge in [0, 0.05) is 22.1 Å². The molecule has 8 heteroatoms. The molecule has 0 bridgehead atoms. The summed E-state index contributed by atoms with van der Waals surface area (Å²) in [5, 5.41) is 33.0. The van der Waals surface area contributed by atoms with Crippen LogP contribution >= 0.6 is 0 Å². The summed E-state index contributed by atoms with van der Waals surface area (Å²) in [6, 6.07) is 9.85. The summed E-state index contributed by atoms with van der Waals surface area (Å²) in [5.74, 6) is 0.0853. The van der Waals surface area contributed by atoms with Crippen molar-refractivity contribution in [2.24, 2.45) is 0 Å². The molecule has 0 fully saturated rings. The van der Waals surface area contributed by atoms with Crippen LogP contribution in [0.5, 0.6) is 0 Å². The minimum Gasteiger partial charge on any atom is -0.509 e. The van der Waals surface area contributed by atoms with Crippen LogP contribution in [0.3, 0.4) is 0 Å². The predicted octanol–water partition coefficient (Wildman–Crippen LogP) is 2.95. The molecule has 2 aliphatic rings. The number of furan rings is 1. The van der Waals surface area contributed by atoms with E-state index >= 15 is 0 Å². The molecule has 29 heavy (non-hydrogen) atoms. The first-order valence-electron chi connectivity index (χ1n) is 8.84. The fourth-order valence-electron chi connectivity index (χ4n) is 3.56. The largest absolute Gasteiger partial charge is 0.509 e. The van der Waals surface area contributed by atoms with Crippen molar-refractivity contribution < 1.29 is 29.1 Å². The molecule has 1 aromatic heterocycles. The average Bonchev–Trinajstić information content (AvgIpc) is 3.32. The van der Waals surface area contributed by atoms with Gasteiger partial charge in [-0.15, -0.1) is 0 Å². The highest BCUT2D eigenvalue weighted by Crippen LogP contribution is 2.40. The first kappa shape index (κ1) is 18.7. The molecule has 2 aromatic rings. The van der Waals surface area contributed by atoms with Gasteiger partial charge in [0.2, 0.25) is 0 Å². The third-order valence-corrected chi connectivity index (χ3v) is 5.08. The SMILES string of the molecule is Cc1ccc(-c2ccc(C3([N+](=O)[O-])C=C(C4=CCOC4=O)C=C(O)C3O)cc2)o1. The molecule has 8 nitrogen and oxygen atoms in total. The molecule has 0 radical (unpaired) electrons. The molecule has 2 N–H and O–H groups in total. The van der Waals surface area contributed by atoms with Crippen molar-refractivity contribution in [1.29, 1.82) is 0 Å². The van der Waals surface area contributed by atoms with Crippen LogP contribution in [0.25, 0.3) is 11.3 Å². The number of benzene rings is 1. The lowest BCUT2D eigenvalue weighted by Gasteiger charge is -2.31. The zero-order valence-electron chi connectivity index (χ0n) is 15.4. The van der Waals surface area contributed by atoms with Crippen LogP contribution < -0.4 is 0 Å². The van der Waals surface area contributed by atoms with Gasteiger partial charge in [-0.3, -0.25) is 10.1 Å². The molecule has 0 amide bonds. The summed E-state index contributed by atoms with van der Waals surface area (Å²) < 4.78 is 10.4. The number of aliphatic hydroxyl groups excluding tert-OH is 2. The number of ether oxygens (including phenoxy) is 1. The zero-order valence-corrected chi connectivity index (χ0v) is 15.4. The Balaban J connectivity index is 1.82. The van der Waals surface area contributed by atoms with Gasteiger partial charge < -0.3 is 19.4 Å². The van der Waals surface area contributed by atoms with Crippen molar-refractivity contribution in [3.8, 4) is 11.3 Å². The summed E-state index contributed by atoms with van der Waals surface area (Å²) in [5.41, 5.74) is -1.09. The minimum atomic E-state index is -2.17. The number of cyclic esters (lactones) is 1. The van der Waals surface area contributed by atoms with Crippen molar-refractivity contribution in [2.45, 2.75) is 18.6 Å². The van der Waals surface area contributed by atoms with E-state index in [1.165, 1.54) is 24.3 Å². The van der Waals surface area contributed by atoms with E-state index in [0.717, 1.165) is 11.8 Å². The first-order valence-corrected chi connectivity index (χ1v) is 8.84. The molecule has 0 saturated heterocycles. The number of nitro groups is 1. The highest BCUT2D eigenvalue weighted by atomic mass is 16.6. The molecule has 1 aliphatic heterocycles. The number of aryl methyl sites for hydroxylation is 1. The van der Waals surface area contributed by atoms with Gasteiger partial charge in [-0.05, 0) is 36.8 Å². The second-order valence-electron chi connectivity index (χ2n) is 6.86. The fourth-order valence-corrected chi connectivity index (χ4v) is 3.56. The Morgan fingerprint density at radius 1 is 1.21 bits per heavy atom. The van der Waals surface area contributed by atoms with Crippen molar-refractivity contribution in [1.82, 2.24) is 0 Å². The van der Waals surface area contributed by atoms with Crippen molar-refractivity contribution in [3.63, 3.8) is 0 Å². The Morgan fingerprint density at radius 2 is 1.93 bits per heavy atom. The molecule has 148 valence electrons. The number of rotatable bonds is 4. The minimum absolute atomic E-state index is 0.0470. The number of nitrogens with zero attached hydrogens (tertiary/aromatic N) is 1. The van der Waals surface area contributed by atoms with E-state index in [4.69, 9.17) is 9.15 Å². The lowest BCUT2D eigenvalue weighted by molar-refractivity contribution is -0.576. The third-order valence-electron chi connectivity index (χ3n) is 5.08. The number of hydrogen-bond donors (Lipinski definition) is 2. The smallest absolute Gasteiger partial charge is 0.338 e. The van der Waals surface area contributed by atoms with Gasteiger partial charge in [0.1, 0.15) is 23.9 Å². The number of allylic oxidation sites excluding steroid dienone is 1. The van der Waals surface area contributed by atoms with Gasteiger partial charge in [0.05, 0.1) is 5.57 Å². The summed E-state index contributed by atoms with van der Waals surface area (Å²) in [4.78, 5) is 23.4.